The lowest BCUT2D eigenvalue weighted by Gasteiger charge is -2.13. The lowest BCUT2D eigenvalue weighted by Crippen LogP contribution is -2.28. The Labute approximate surface area is 141 Å². The highest BCUT2D eigenvalue weighted by Crippen LogP contribution is 2.20. The first-order chi connectivity index (χ1) is 11.1. The fraction of sp³-hybridized carbons (Fsp3) is 0.111. The molecule has 0 aliphatic heterocycles. The molecule has 3 N–H and O–H groups in total. The Morgan fingerprint density at radius 1 is 1.17 bits per heavy atom. The SMILES string of the molecule is C=CCNC(=S)Nc1ccc(NC(=O)c2ccccc2)c(C)c1. The van der Waals surface area contributed by atoms with E-state index in [-0.39, 0.29) is 5.91 Å². The summed E-state index contributed by atoms with van der Waals surface area (Å²) in [6.45, 7) is 6.17. The second-order valence-electron chi connectivity index (χ2n) is 4.97. The van der Waals surface area contributed by atoms with E-state index in [4.69, 9.17) is 12.2 Å². The second kappa shape index (κ2) is 8.10. The third-order valence-electron chi connectivity index (χ3n) is 3.18. The third kappa shape index (κ3) is 4.93. The van der Waals surface area contributed by atoms with E-state index in [9.17, 15) is 4.79 Å². The Hall–Kier alpha value is -2.66. The minimum Gasteiger partial charge on any atom is -0.359 e. The Morgan fingerprint density at radius 2 is 1.91 bits per heavy atom. The Balaban J connectivity index is 2.03. The number of benzene rings is 2. The lowest BCUT2D eigenvalue weighted by molar-refractivity contribution is 0.102. The first-order valence-corrected chi connectivity index (χ1v) is 7.64. The minimum atomic E-state index is -0.127. The molecule has 0 aliphatic rings. The highest BCUT2D eigenvalue weighted by molar-refractivity contribution is 7.80. The summed E-state index contributed by atoms with van der Waals surface area (Å²) in [5.74, 6) is -0.127. The molecule has 5 heteroatoms. The topological polar surface area (TPSA) is 53.2 Å². The molecule has 0 atom stereocenters. The van der Waals surface area contributed by atoms with Crippen molar-refractivity contribution in [1.82, 2.24) is 5.32 Å². The van der Waals surface area contributed by atoms with Crippen molar-refractivity contribution >= 4 is 34.6 Å². The molecule has 0 saturated carbocycles. The molecule has 4 nitrogen and oxygen atoms in total. The number of rotatable bonds is 5. The number of hydrogen-bond donors (Lipinski definition) is 3. The molecule has 0 radical (unpaired) electrons. The van der Waals surface area contributed by atoms with Gasteiger partial charge in [0.05, 0.1) is 0 Å². The Morgan fingerprint density at radius 3 is 2.57 bits per heavy atom. The number of carbonyl (C=O) groups excluding carboxylic acids is 1. The van der Waals surface area contributed by atoms with Gasteiger partial charge in [0.2, 0.25) is 0 Å². The molecule has 1 amide bonds. The number of nitrogens with one attached hydrogen (secondary N) is 3. The first-order valence-electron chi connectivity index (χ1n) is 7.23. The van der Waals surface area contributed by atoms with E-state index in [0.29, 0.717) is 17.2 Å². The van der Waals surface area contributed by atoms with Crippen molar-refractivity contribution < 1.29 is 4.79 Å². The predicted molar refractivity (Wildman–Crippen MR) is 100.0 cm³/mol. The van der Waals surface area contributed by atoms with Crippen LogP contribution in [0.5, 0.6) is 0 Å². The van der Waals surface area contributed by atoms with Crippen molar-refractivity contribution in [3.05, 3.63) is 72.3 Å². The summed E-state index contributed by atoms with van der Waals surface area (Å²) in [4.78, 5) is 12.2. The first kappa shape index (κ1) is 16.7. The van der Waals surface area contributed by atoms with Gasteiger partial charge in [0, 0.05) is 23.5 Å². The zero-order chi connectivity index (χ0) is 16.7. The molecular formula is C18H19N3OS. The molecule has 0 bridgehead atoms. The van der Waals surface area contributed by atoms with Crippen LogP contribution in [0.15, 0.2) is 61.2 Å². The Kier molecular flexibility index (Phi) is 5.88. The molecule has 0 saturated heterocycles. The van der Waals surface area contributed by atoms with Gasteiger partial charge in [-0.1, -0.05) is 24.3 Å². The van der Waals surface area contributed by atoms with Gasteiger partial charge in [-0.15, -0.1) is 6.58 Å². The molecule has 2 aromatic rings. The maximum atomic E-state index is 12.2. The van der Waals surface area contributed by atoms with Crippen LogP contribution in [-0.2, 0) is 0 Å². The molecule has 2 aromatic carbocycles. The van der Waals surface area contributed by atoms with Crippen molar-refractivity contribution in [2.24, 2.45) is 0 Å². The van der Waals surface area contributed by atoms with Gasteiger partial charge in [-0.3, -0.25) is 4.79 Å². The highest BCUT2D eigenvalue weighted by atomic mass is 32.1. The summed E-state index contributed by atoms with van der Waals surface area (Å²) in [6.07, 6.45) is 1.74. The van der Waals surface area contributed by atoms with Crippen LogP contribution in [-0.4, -0.2) is 17.6 Å². The molecular weight excluding hydrogens is 306 g/mol. The number of thiocarbonyl (C=S) groups is 1. The normalized spacial score (nSPS) is 9.78. The van der Waals surface area contributed by atoms with Crippen molar-refractivity contribution in [3.8, 4) is 0 Å². The van der Waals surface area contributed by atoms with Crippen LogP contribution in [0.25, 0.3) is 0 Å². The fourth-order valence-corrected chi connectivity index (χ4v) is 2.21. The van der Waals surface area contributed by atoms with E-state index in [0.717, 1.165) is 16.9 Å². The summed E-state index contributed by atoms with van der Waals surface area (Å²) >= 11 is 5.17. The van der Waals surface area contributed by atoms with E-state index in [1.807, 2.05) is 43.3 Å². The van der Waals surface area contributed by atoms with E-state index in [2.05, 4.69) is 22.5 Å². The van der Waals surface area contributed by atoms with Gasteiger partial charge in [-0.05, 0) is 55.0 Å². The average Bonchev–Trinajstić information content (AvgIpc) is 2.56. The van der Waals surface area contributed by atoms with Gasteiger partial charge < -0.3 is 16.0 Å². The Bertz CT molecular complexity index is 713. The second-order valence-corrected chi connectivity index (χ2v) is 5.38. The molecule has 0 unspecified atom stereocenters. The van der Waals surface area contributed by atoms with Crippen LogP contribution >= 0.6 is 12.2 Å². The van der Waals surface area contributed by atoms with Crippen LogP contribution < -0.4 is 16.0 Å². The summed E-state index contributed by atoms with van der Waals surface area (Å²) in [5, 5.41) is 9.54. The largest absolute Gasteiger partial charge is 0.359 e. The molecule has 0 aromatic heterocycles. The molecule has 23 heavy (non-hydrogen) atoms. The quantitative estimate of drug-likeness (QED) is 0.579. The maximum absolute atomic E-state index is 12.2. The van der Waals surface area contributed by atoms with Crippen LogP contribution in [0.4, 0.5) is 11.4 Å². The highest BCUT2D eigenvalue weighted by Gasteiger charge is 2.07. The smallest absolute Gasteiger partial charge is 0.255 e. The van der Waals surface area contributed by atoms with Crippen LogP contribution in [0.2, 0.25) is 0 Å². The molecule has 118 valence electrons. The van der Waals surface area contributed by atoms with Crippen molar-refractivity contribution in [2.75, 3.05) is 17.2 Å². The minimum absolute atomic E-state index is 0.127. The van der Waals surface area contributed by atoms with Gasteiger partial charge in [-0.25, -0.2) is 0 Å². The summed E-state index contributed by atoms with van der Waals surface area (Å²) in [5.41, 5.74) is 3.21. The van der Waals surface area contributed by atoms with Crippen LogP contribution in [0.1, 0.15) is 15.9 Å². The standard InChI is InChI=1S/C18H19N3OS/c1-3-11-19-18(23)20-15-9-10-16(13(2)12-15)21-17(22)14-7-5-4-6-8-14/h3-10,12H,1,11H2,2H3,(H,21,22)(H2,19,20,23). The van der Waals surface area contributed by atoms with E-state index >= 15 is 0 Å². The lowest BCUT2D eigenvalue weighted by atomic mass is 10.1. The molecule has 0 heterocycles. The number of anilines is 2. The average molecular weight is 325 g/mol. The van der Waals surface area contributed by atoms with Crippen LogP contribution in [0, 0.1) is 6.92 Å². The van der Waals surface area contributed by atoms with Gasteiger partial charge in [0.15, 0.2) is 5.11 Å². The number of aryl methyl sites for hydroxylation is 1. The monoisotopic (exact) mass is 325 g/mol. The molecule has 2 rings (SSSR count). The van der Waals surface area contributed by atoms with E-state index < -0.39 is 0 Å². The number of hydrogen-bond acceptors (Lipinski definition) is 2. The maximum Gasteiger partial charge on any atom is 0.255 e. The van der Waals surface area contributed by atoms with Gasteiger partial charge in [0.25, 0.3) is 5.91 Å². The number of carbonyl (C=O) groups is 1. The van der Waals surface area contributed by atoms with E-state index in [1.54, 1.807) is 18.2 Å². The molecule has 0 aliphatic carbocycles. The van der Waals surface area contributed by atoms with Crippen molar-refractivity contribution in [2.45, 2.75) is 6.92 Å². The summed E-state index contributed by atoms with van der Waals surface area (Å²) < 4.78 is 0. The zero-order valence-electron chi connectivity index (χ0n) is 12.9. The van der Waals surface area contributed by atoms with Crippen LogP contribution in [0.3, 0.4) is 0 Å². The van der Waals surface area contributed by atoms with Crippen molar-refractivity contribution in [3.63, 3.8) is 0 Å². The van der Waals surface area contributed by atoms with E-state index in [1.165, 1.54) is 0 Å². The molecule has 0 fully saturated rings. The summed E-state index contributed by atoms with van der Waals surface area (Å²) in [7, 11) is 0. The fourth-order valence-electron chi connectivity index (χ4n) is 2.01. The zero-order valence-corrected chi connectivity index (χ0v) is 13.7. The predicted octanol–water partition coefficient (Wildman–Crippen LogP) is 3.72. The third-order valence-corrected chi connectivity index (χ3v) is 3.42. The number of amides is 1. The molecule has 0 spiro atoms. The van der Waals surface area contributed by atoms with Crippen molar-refractivity contribution in [1.29, 1.82) is 0 Å². The summed E-state index contributed by atoms with van der Waals surface area (Å²) in [6, 6.07) is 14.8. The van der Waals surface area contributed by atoms with Gasteiger partial charge >= 0.3 is 0 Å². The van der Waals surface area contributed by atoms with Gasteiger partial charge in [0.1, 0.15) is 0 Å². The van der Waals surface area contributed by atoms with Gasteiger partial charge in [-0.2, -0.15) is 0 Å².